The lowest BCUT2D eigenvalue weighted by atomic mass is 10.1. The number of nitrogens with zero attached hydrogens (tertiary/aromatic N) is 2. The van der Waals surface area contributed by atoms with Crippen molar-refractivity contribution < 1.29 is 0 Å². The van der Waals surface area contributed by atoms with Gasteiger partial charge in [0.05, 0.1) is 0 Å². The molecule has 2 N–H and O–H groups in total. The van der Waals surface area contributed by atoms with Crippen LogP contribution in [0.3, 0.4) is 0 Å². The van der Waals surface area contributed by atoms with Crippen LogP contribution in [0.4, 0.5) is 5.69 Å². The van der Waals surface area contributed by atoms with Crippen LogP contribution in [0, 0.1) is 6.92 Å². The average molecular weight is 261 g/mol. The van der Waals surface area contributed by atoms with Crippen LogP contribution in [0.15, 0.2) is 18.2 Å². The second-order valence-electron chi connectivity index (χ2n) is 5.57. The van der Waals surface area contributed by atoms with E-state index in [0.29, 0.717) is 12.6 Å². The molecular formula is C16H27N3. The van der Waals surface area contributed by atoms with Gasteiger partial charge in [-0.3, -0.25) is 4.90 Å². The minimum absolute atomic E-state index is 0.628. The van der Waals surface area contributed by atoms with Gasteiger partial charge in [-0.15, -0.1) is 0 Å². The lowest BCUT2D eigenvalue weighted by Crippen LogP contribution is -2.49. The molecule has 1 saturated heterocycles. The second kappa shape index (κ2) is 6.40. The largest absolute Gasteiger partial charge is 0.368 e. The molecule has 0 aromatic heterocycles. The summed E-state index contributed by atoms with van der Waals surface area (Å²) in [4.78, 5) is 5.10. The van der Waals surface area contributed by atoms with E-state index in [1.807, 2.05) is 0 Å². The molecule has 0 amide bonds. The van der Waals surface area contributed by atoms with E-state index in [4.69, 9.17) is 5.73 Å². The zero-order valence-corrected chi connectivity index (χ0v) is 12.5. The number of hydrogen-bond donors (Lipinski definition) is 1. The summed E-state index contributed by atoms with van der Waals surface area (Å²) in [6.45, 7) is 12.0. The van der Waals surface area contributed by atoms with Gasteiger partial charge in [-0.25, -0.2) is 0 Å². The summed E-state index contributed by atoms with van der Waals surface area (Å²) in [5.41, 5.74) is 9.88. The fourth-order valence-corrected chi connectivity index (χ4v) is 2.98. The van der Waals surface area contributed by atoms with Crippen molar-refractivity contribution in [2.24, 2.45) is 5.73 Å². The molecule has 1 atom stereocenters. The number of para-hydroxylation sites is 1. The highest BCUT2D eigenvalue weighted by Gasteiger charge is 2.22. The van der Waals surface area contributed by atoms with Gasteiger partial charge in [-0.05, 0) is 31.4 Å². The predicted molar refractivity (Wildman–Crippen MR) is 82.6 cm³/mol. The van der Waals surface area contributed by atoms with Gasteiger partial charge in [-0.2, -0.15) is 0 Å². The minimum Gasteiger partial charge on any atom is -0.368 e. The zero-order valence-electron chi connectivity index (χ0n) is 12.5. The van der Waals surface area contributed by atoms with Crippen molar-refractivity contribution in [3.8, 4) is 0 Å². The average Bonchev–Trinajstić information content (AvgIpc) is 2.46. The van der Waals surface area contributed by atoms with Crippen molar-refractivity contribution >= 4 is 5.69 Å². The molecule has 1 heterocycles. The van der Waals surface area contributed by atoms with Crippen molar-refractivity contribution in [2.75, 3.05) is 31.1 Å². The van der Waals surface area contributed by atoms with Crippen molar-refractivity contribution in [1.82, 2.24) is 4.90 Å². The Balaban J connectivity index is 2.09. The van der Waals surface area contributed by atoms with Gasteiger partial charge in [0.15, 0.2) is 0 Å². The molecule has 1 unspecified atom stereocenters. The maximum absolute atomic E-state index is 5.89. The summed E-state index contributed by atoms with van der Waals surface area (Å²) in [5.74, 6) is 0. The monoisotopic (exact) mass is 261 g/mol. The Morgan fingerprint density at radius 3 is 2.47 bits per heavy atom. The Morgan fingerprint density at radius 2 is 1.89 bits per heavy atom. The Bertz CT molecular complexity index is 408. The Kier molecular flexibility index (Phi) is 4.83. The molecule has 2 rings (SSSR count). The van der Waals surface area contributed by atoms with Crippen LogP contribution in [-0.4, -0.2) is 37.1 Å². The molecule has 1 aliphatic heterocycles. The molecule has 0 spiro atoms. The van der Waals surface area contributed by atoms with Gasteiger partial charge in [0.2, 0.25) is 0 Å². The van der Waals surface area contributed by atoms with Gasteiger partial charge in [0.1, 0.15) is 0 Å². The van der Waals surface area contributed by atoms with E-state index >= 15 is 0 Å². The molecule has 0 saturated carbocycles. The maximum Gasteiger partial charge on any atom is 0.0442 e. The second-order valence-corrected chi connectivity index (χ2v) is 5.57. The van der Waals surface area contributed by atoms with Gasteiger partial charge in [0, 0.05) is 44.5 Å². The Hall–Kier alpha value is -1.06. The molecule has 3 heteroatoms. The standard InChI is InChI=1S/C16H27N3/c1-4-14(3)18-8-10-19(11-9-18)16-13(2)6-5-7-15(16)12-17/h5-7,14H,4,8-12,17H2,1-3H3. The molecule has 0 radical (unpaired) electrons. The lowest BCUT2D eigenvalue weighted by molar-refractivity contribution is 0.192. The van der Waals surface area contributed by atoms with E-state index in [1.165, 1.54) is 23.2 Å². The fourth-order valence-electron chi connectivity index (χ4n) is 2.98. The highest BCUT2D eigenvalue weighted by molar-refractivity contribution is 5.59. The van der Waals surface area contributed by atoms with Crippen LogP contribution in [-0.2, 0) is 6.54 Å². The molecule has 19 heavy (non-hydrogen) atoms. The molecule has 1 aromatic rings. The summed E-state index contributed by atoms with van der Waals surface area (Å²) in [5, 5.41) is 0. The summed E-state index contributed by atoms with van der Waals surface area (Å²) in [6, 6.07) is 7.16. The zero-order chi connectivity index (χ0) is 13.8. The third-order valence-corrected chi connectivity index (χ3v) is 4.39. The molecule has 0 aliphatic carbocycles. The van der Waals surface area contributed by atoms with Crippen LogP contribution in [0.2, 0.25) is 0 Å². The van der Waals surface area contributed by atoms with Crippen molar-refractivity contribution in [3.05, 3.63) is 29.3 Å². The topological polar surface area (TPSA) is 32.5 Å². The van der Waals surface area contributed by atoms with Crippen molar-refractivity contribution in [1.29, 1.82) is 0 Å². The molecule has 0 bridgehead atoms. The smallest absolute Gasteiger partial charge is 0.0442 e. The van der Waals surface area contributed by atoms with E-state index in [0.717, 1.165) is 26.2 Å². The highest BCUT2D eigenvalue weighted by atomic mass is 15.3. The highest BCUT2D eigenvalue weighted by Crippen LogP contribution is 2.26. The Labute approximate surface area is 117 Å². The fraction of sp³-hybridized carbons (Fsp3) is 0.625. The van der Waals surface area contributed by atoms with Crippen molar-refractivity contribution in [3.63, 3.8) is 0 Å². The first-order valence-corrected chi connectivity index (χ1v) is 7.45. The van der Waals surface area contributed by atoms with Crippen LogP contribution >= 0.6 is 0 Å². The van der Waals surface area contributed by atoms with E-state index < -0.39 is 0 Å². The van der Waals surface area contributed by atoms with E-state index in [1.54, 1.807) is 0 Å². The van der Waals surface area contributed by atoms with Crippen LogP contribution in [0.25, 0.3) is 0 Å². The van der Waals surface area contributed by atoms with E-state index in [9.17, 15) is 0 Å². The molecule has 106 valence electrons. The van der Waals surface area contributed by atoms with Gasteiger partial charge >= 0.3 is 0 Å². The van der Waals surface area contributed by atoms with Crippen LogP contribution < -0.4 is 10.6 Å². The SMILES string of the molecule is CCC(C)N1CCN(c2c(C)cccc2CN)CC1. The number of aryl methyl sites for hydroxylation is 1. The third-order valence-electron chi connectivity index (χ3n) is 4.39. The molecule has 1 fully saturated rings. The number of nitrogens with two attached hydrogens (primary N) is 1. The predicted octanol–water partition coefficient (Wildman–Crippen LogP) is 2.37. The quantitative estimate of drug-likeness (QED) is 0.903. The number of piperazine rings is 1. The Morgan fingerprint density at radius 1 is 1.21 bits per heavy atom. The molecule has 3 nitrogen and oxygen atoms in total. The minimum atomic E-state index is 0.628. The first kappa shape index (κ1) is 14.4. The number of rotatable bonds is 4. The normalized spacial score (nSPS) is 18.6. The third kappa shape index (κ3) is 3.10. The first-order chi connectivity index (χ1) is 9.17. The molecule has 1 aromatic carbocycles. The van der Waals surface area contributed by atoms with Gasteiger partial charge in [-0.1, -0.05) is 25.1 Å². The van der Waals surface area contributed by atoms with Gasteiger partial charge in [0.25, 0.3) is 0 Å². The summed E-state index contributed by atoms with van der Waals surface area (Å²) >= 11 is 0. The summed E-state index contributed by atoms with van der Waals surface area (Å²) in [7, 11) is 0. The number of hydrogen-bond acceptors (Lipinski definition) is 3. The lowest BCUT2D eigenvalue weighted by Gasteiger charge is -2.40. The number of anilines is 1. The maximum atomic E-state index is 5.89. The van der Waals surface area contributed by atoms with Crippen molar-refractivity contribution in [2.45, 2.75) is 39.8 Å². The first-order valence-electron chi connectivity index (χ1n) is 7.45. The summed E-state index contributed by atoms with van der Waals surface area (Å²) in [6.07, 6.45) is 1.23. The molecular weight excluding hydrogens is 234 g/mol. The number of benzene rings is 1. The van der Waals surface area contributed by atoms with E-state index in [-0.39, 0.29) is 0 Å². The summed E-state index contributed by atoms with van der Waals surface area (Å²) < 4.78 is 0. The molecule has 1 aliphatic rings. The van der Waals surface area contributed by atoms with Crippen LogP contribution in [0.1, 0.15) is 31.4 Å². The van der Waals surface area contributed by atoms with E-state index in [2.05, 4.69) is 48.8 Å². The van der Waals surface area contributed by atoms with Gasteiger partial charge < -0.3 is 10.6 Å². The van der Waals surface area contributed by atoms with Crippen LogP contribution in [0.5, 0.6) is 0 Å².